The van der Waals surface area contributed by atoms with Gasteiger partial charge in [-0.15, -0.1) is 0 Å². The number of carboxylic acids is 1. The van der Waals surface area contributed by atoms with Crippen molar-refractivity contribution in [1.29, 1.82) is 0 Å². The minimum absolute atomic E-state index is 0.154. The molecule has 6 heteroatoms. The quantitative estimate of drug-likeness (QED) is 0.440. The van der Waals surface area contributed by atoms with Crippen molar-refractivity contribution in [2.45, 2.75) is 19.1 Å². The Hall–Kier alpha value is -4.19. The van der Waals surface area contributed by atoms with Gasteiger partial charge in [-0.2, -0.15) is 0 Å². The first-order valence-electron chi connectivity index (χ1n) is 10.2. The van der Waals surface area contributed by atoms with Crippen LogP contribution in [0.25, 0.3) is 10.9 Å². The highest BCUT2D eigenvalue weighted by Crippen LogP contribution is 2.16. The van der Waals surface area contributed by atoms with Crippen molar-refractivity contribution in [2.24, 2.45) is 0 Å². The summed E-state index contributed by atoms with van der Waals surface area (Å²) < 4.78 is 5.76. The van der Waals surface area contributed by atoms with Crippen LogP contribution in [0.15, 0.2) is 91.1 Å². The van der Waals surface area contributed by atoms with Gasteiger partial charge in [0.25, 0.3) is 5.91 Å². The fourth-order valence-electron chi connectivity index (χ4n) is 3.34. The molecule has 0 bridgehead atoms. The molecule has 1 aromatic heterocycles. The highest BCUT2D eigenvalue weighted by molar-refractivity contribution is 5.99. The number of fused-ring (bicyclic) bond motifs is 1. The van der Waals surface area contributed by atoms with Gasteiger partial charge in [0.1, 0.15) is 18.4 Å². The number of nitrogens with zero attached hydrogens (tertiary/aromatic N) is 1. The van der Waals surface area contributed by atoms with Crippen LogP contribution in [0.4, 0.5) is 0 Å². The summed E-state index contributed by atoms with van der Waals surface area (Å²) in [6.07, 6.45) is 1.61. The number of rotatable bonds is 8. The van der Waals surface area contributed by atoms with Crippen molar-refractivity contribution < 1.29 is 19.4 Å². The van der Waals surface area contributed by atoms with Crippen LogP contribution in [0, 0.1) is 0 Å². The van der Waals surface area contributed by atoms with Gasteiger partial charge >= 0.3 is 5.97 Å². The van der Waals surface area contributed by atoms with Crippen LogP contribution in [0.3, 0.4) is 0 Å². The first kappa shape index (κ1) is 21.1. The molecule has 0 saturated carbocycles. The van der Waals surface area contributed by atoms with E-state index in [9.17, 15) is 14.7 Å². The number of amides is 1. The maximum atomic E-state index is 12.6. The van der Waals surface area contributed by atoms with Crippen LogP contribution >= 0.6 is 0 Å². The number of aliphatic carboxylic acids is 1. The Morgan fingerprint density at radius 1 is 0.906 bits per heavy atom. The Bertz CT molecular complexity index is 1220. The predicted octanol–water partition coefficient (Wildman–Crippen LogP) is 4.24. The van der Waals surface area contributed by atoms with Crippen LogP contribution < -0.4 is 10.1 Å². The van der Waals surface area contributed by atoms with Crippen LogP contribution in [-0.2, 0) is 17.8 Å². The lowest BCUT2D eigenvalue weighted by Gasteiger charge is -2.15. The molecule has 32 heavy (non-hydrogen) atoms. The average molecular weight is 426 g/mol. The number of para-hydroxylation sites is 1. The Balaban J connectivity index is 1.39. The van der Waals surface area contributed by atoms with E-state index in [-0.39, 0.29) is 6.42 Å². The van der Waals surface area contributed by atoms with Crippen molar-refractivity contribution >= 4 is 22.8 Å². The lowest BCUT2D eigenvalue weighted by Crippen LogP contribution is -2.42. The maximum Gasteiger partial charge on any atom is 0.326 e. The van der Waals surface area contributed by atoms with Gasteiger partial charge in [0.05, 0.1) is 11.1 Å². The number of hydrogen-bond acceptors (Lipinski definition) is 4. The molecule has 0 aliphatic heterocycles. The van der Waals surface area contributed by atoms with E-state index in [0.29, 0.717) is 17.9 Å². The smallest absolute Gasteiger partial charge is 0.326 e. The molecular weight excluding hydrogens is 404 g/mol. The number of benzene rings is 3. The zero-order chi connectivity index (χ0) is 22.3. The Morgan fingerprint density at radius 2 is 1.62 bits per heavy atom. The second-order valence-corrected chi connectivity index (χ2v) is 7.40. The van der Waals surface area contributed by atoms with Crippen LogP contribution in [0.1, 0.15) is 21.5 Å². The summed E-state index contributed by atoms with van der Waals surface area (Å²) >= 11 is 0. The molecule has 2 N–H and O–H groups in total. The third-order valence-electron chi connectivity index (χ3n) is 5.07. The lowest BCUT2D eigenvalue weighted by molar-refractivity contribution is -0.139. The molecule has 0 unspecified atom stereocenters. The van der Waals surface area contributed by atoms with E-state index in [0.717, 1.165) is 22.0 Å². The third-order valence-corrected chi connectivity index (χ3v) is 5.07. The molecule has 0 aliphatic carbocycles. The number of hydrogen-bond donors (Lipinski definition) is 2. The summed E-state index contributed by atoms with van der Waals surface area (Å²) in [6.45, 7) is 0.452. The molecule has 1 amide bonds. The summed E-state index contributed by atoms with van der Waals surface area (Å²) in [4.78, 5) is 28.7. The lowest BCUT2D eigenvalue weighted by atomic mass is 10.1. The SMILES string of the molecule is O=C(N[C@@H](Cc1ccc(OCc2ccccc2)cc1)C(=O)O)c1cnc2ccccc2c1. The first-order valence-corrected chi connectivity index (χ1v) is 10.2. The first-order chi connectivity index (χ1) is 15.6. The standard InChI is InChI=1S/C26H22N2O4/c29-25(21-15-20-8-4-5-9-23(20)27-16-21)28-24(26(30)31)14-18-10-12-22(13-11-18)32-17-19-6-2-1-3-7-19/h1-13,15-16,24H,14,17H2,(H,28,29)(H,30,31)/t24-/m0/s1. The predicted molar refractivity (Wildman–Crippen MR) is 122 cm³/mol. The van der Waals surface area contributed by atoms with E-state index in [4.69, 9.17) is 4.74 Å². The van der Waals surface area contributed by atoms with Gasteiger partial charge in [-0.05, 0) is 35.4 Å². The Morgan fingerprint density at radius 3 is 2.38 bits per heavy atom. The fraction of sp³-hybridized carbons (Fsp3) is 0.115. The van der Waals surface area contributed by atoms with E-state index >= 15 is 0 Å². The monoisotopic (exact) mass is 426 g/mol. The number of carbonyl (C=O) groups excluding carboxylic acids is 1. The normalized spacial score (nSPS) is 11.6. The molecule has 4 rings (SSSR count). The summed E-state index contributed by atoms with van der Waals surface area (Å²) in [5.74, 6) is -0.884. The van der Waals surface area contributed by atoms with Gasteiger partial charge in [0, 0.05) is 18.0 Å². The van der Waals surface area contributed by atoms with Crippen molar-refractivity contribution in [3.05, 3.63) is 108 Å². The van der Waals surface area contributed by atoms with Crippen molar-refractivity contribution in [1.82, 2.24) is 10.3 Å². The van der Waals surface area contributed by atoms with E-state index < -0.39 is 17.9 Å². The second kappa shape index (κ2) is 9.75. The summed E-state index contributed by atoms with van der Waals surface area (Å²) in [7, 11) is 0. The number of aromatic nitrogens is 1. The molecule has 6 nitrogen and oxygen atoms in total. The van der Waals surface area contributed by atoms with Crippen LogP contribution in [0.5, 0.6) is 5.75 Å². The zero-order valence-corrected chi connectivity index (χ0v) is 17.3. The minimum atomic E-state index is -1.10. The third kappa shape index (κ3) is 5.29. The highest BCUT2D eigenvalue weighted by Gasteiger charge is 2.21. The topological polar surface area (TPSA) is 88.5 Å². The molecule has 3 aromatic carbocycles. The molecular formula is C26H22N2O4. The molecule has 160 valence electrons. The highest BCUT2D eigenvalue weighted by atomic mass is 16.5. The average Bonchev–Trinajstić information content (AvgIpc) is 2.83. The van der Waals surface area contributed by atoms with Gasteiger partial charge < -0.3 is 15.2 Å². The molecule has 0 saturated heterocycles. The fourth-order valence-corrected chi connectivity index (χ4v) is 3.34. The van der Waals surface area contributed by atoms with Gasteiger partial charge in [-0.1, -0.05) is 60.7 Å². The number of carbonyl (C=O) groups is 2. The zero-order valence-electron chi connectivity index (χ0n) is 17.3. The summed E-state index contributed by atoms with van der Waals surface area (Å²) in [6, 6.07) is 25.1. The van der Waals surface area contributed by atoms with Gasteiger partial charge in [-0.3, -0.25) is 9.78 Å². The number of carboxylic acid groups (broad SMARTS) is 1. The van der Waals surface area contributed by atoms with E-state index in [1.165, 1.54) is 6.20 Å². The van der Waals surface area contributed by atoms with Crippen molar-refractivity contribution in [2.75, 3.05) is 0 Å². The van der Waals surface area contributed by atoms with Gasteiger partial charge in [0.2, 0.25) is 0 Å². The second-order valence-electron chi connectivity index (χ2n) is 7.40. The number of ether oxygens (including phenoxy) is 1. The maximum absolute atomic E-state index is 12.6. The van der Waals surface area contributed by atoms with Crippen molar-refractivity contribution in [3.8, 4) is 5.75 Å². The molecule has 0 fully saturated rings. The van der Waals surface area contributed by atoms with Gasteiger partial charge in [0.15, 0.2) is 0 Å². The van der Waals surface area contributed by atoms with Crippen molar-refractivity contribution in [3.63, 3.8) is 0 Å². The van der Waals surface area contributed by atoms with E-state index in [1.54, 1.807) is 30.3 Å². The van der Waals surface area contributed by atoms with E-state index in [2.05, 4.69) is 10.3 Å². The van der Waals surface area contributed by atoms with Crippen LogP contribution in [-0.4, -0.2) is 28.0 Å². The van der Waals surface area contributed by atoms with Crippen LogP contribution in [0.2, 0.25) is 0 Å². The molecule has 1 atom stereocenters. The van der Waals surface area contributed by atoms with E-state index in [1.807, 2.05) is 54.6 Å². The summed E-state index contributed by atoms with van der Waals surface area (Å²) in [5.41, 5.74) is 2.93. The Kier molecular flexibility index (Phi) is 6.41. The minimum Gasteiger partial charge on any atom is -0.489 e. The van der Waals surface area contributed by atoms with Gasteiger partial charge in [-0.25, -0.2) is 4.79 Å². The summed E-state index contributed by atoms with van der Waals surface area (Å²) in [5, 5.41) is 13.0. The molecule has 0 radical (unpaired) electrons. The Labute approximate surface area is 185 Å². The largest absolute Gasteiger partial charge is 0.489 e. The molecule has 0 spiro atoms. The number of pyridine rings is 1. The molecule has 4 aromatic rings. The molecule has 1 heterocycles. The molecule has 0 aliphatic rings. The number of nitrogens with one attached hydrogen (secondary N) is 1.